The second-order valence-corrected chi connectivity index (χ2v) is 11.7. The molecule has 1 rings (SSSR count). The zero-order valence-corrected chi connectivity index (χ0v) is 24.0. The number of amides is 3. The van der Waals surface area contributed by atoms with Crippen LogP contribution in [0.3, 0.4) is 0 Å². The van der Waals surface area contributed by atoms with Gasteiger partial charge in [-0.15, -0.1) is 0 Å². The van der Waals surface area contributed by atoms with Crippen LogP contribution >= 0.6 is 0 Å². The molecule has 4 atom stereocenters. The number of aryl methyl sites for hydroxylation is 1. The van der Waals surface area contributed by atoms with Crippen LogP contribution in [-0.2, 0) is 14.3 Å². The quantitative estimate of drug-likeness (QED) is 0.426. The number of hydrogen-bond acceptors (Lipinski definition) is 5. The van der Waals surface area contributed by atoms with E-state index in [2.05, 4.69) is 10.6 Å². The van der Waals surface area contributed by atoms with Crippen LogP contribution in [0.2, 0.25) is 0 Å². The number of phenolic OH excluding ortho intramolecular Hbond substituents is 1. The summed E-state index contributed by atoms with van der Waals surface area (Å²) in [4.78, 5) is 42.2. The highest BCUT2D eigenvalue weighted by molar-refractivity contribution is 5.92. The Bertz CT molecular complexity index is 917. The third kappa shape index (κ3) is 9.03. The lowest BCUT2D eigenvalue weighted by molar-refractivity contribution is -0.146. The summed E-state index contributed by atoms with van der Waals surface area (Å²) >= 11 is 0. The summed E-state index contributed by atoms with van der Waals surface area (Å²) < 4.78 is 5.44. The van der Waals surface area contributed by atoms with Crippen molar-refractivity contribution in [3.63, 3.8) is 0 Å². The van der Waals surface area contributed by atoms with Crippen LogP contribution in [0.5, 0.6) is 5.75 Å². The molecule has 8 nitrogen and oxygen atoms in total. The van der Waals surface area contributed by atoms with Crippen LogP contribution in [0.1, 0.15) is 99.2 Å². The molecule has 0 aromatic heterocycles. The summed E-state index contributed by atoms with van der Waals surface area (Å²) in [6.07, 6.45) is 0.556. The van der Waals surface area contributed by atoms with E-state index >= 15 is 0 Å². The molecule has 3 amide bonds. The fourth-order valence-corrected chi connectivity index (χ4v) is 3.80. The first-order valence-electron chi connectivity index (χ1n) is 12.8. The molecule has 0 aliphatic rings. The summed E-state index contributed by atoms with van der Waals surface area (Å²) in [6, 6.07) is 2.77. The van der Waals surface area contributed by atoms with Gasteiger partial charge in [-0.3, -0.25) is 9.59 Å². The molecule has 0 bridgehead atoms. The smallest absolute Gasteiger partial charge is 0.408 e. The van der Waals surface area contributed by atoms with Gasteiger partial charge in [0.2, 0.25) is 11.8 Å². The molecule has 0 aliphatic heterocycles. The Morgan fingerprint density at radius 1 is 1.03 bits per heavy atom. The van der Waals surface area contributed by atoms with Crippen molar-refractivity contribution < 1.29 is 24.2 Å². The molecule has 1 aromatic carbocycles. The van der Waals surface area contributed by atoms with Gasteiger partial charge in [0.15, 0.2) is 0 Å². The Morgan fingerprint density at radius 3 is 2.06 bits per heavy atom. The van der Waals surface area contributed by atoms with Crippen LogP contribution in [0.4, 0.5) is 4.79 Å². The average Bonchev–Trinajstić information content (AvgIpc) is 2.73. The fourth-order valence-electron chi connectivity index (χ4n) is 3.80. The van der Waals surface area contributed by atoms with Crippen LogP contribution in [0, 0.1) is 12.8 Å². The van der Waals surface area contributed by atoms with Gasteiger partial charge in [-0.05, 0) is 91.0 Å². The lowest BCUT2D eigenvalue weighted by atomic mass is 9.93. The van der Waals surface area contributed by atoms with Crippen LogP contribution in [0.15, 0.2) is 18.2 Å². The number of nitrogens with one attached hydrogen (secondary N) is 2. The van der Waals surface area contributed by atoms with E-state index in [9.17, 15) is 19.5 Å². The van der Waals surface area contributed by atoms with Crippen molar-refractivity contribution in [2.75, 3.05) is 0 Å². The average molecular weight is 506 g/mol. The van der Waals surface area contributed by atoms with Gasteiger partial charge in [-0.2, -0.15) is 0 Å². The molecule has 1 aromatic rings. The molecule has 36 heavy (non-hydrogen) atoms. The Balaban J connectivity index is 3.65. The molecule has 0 aliphatic carbocycles. The molecule has 0 saturated heterocycles. The maximum Gasteiger partial charge on any atom is 0.408 e. The number of phenols is 1. The minimum atomic E-state index is -0.960. The predicted octanol–water partition coefficient (Wildman–Crippen LogP) is 5.22. The maximum absolute atomic E-state index is 14.2. The van der Waals surface area contributed by atoms with E-state index in [1.54, 1.807) is 44.7 Å². The van der Waals surface area contributed by atoms with Crippen molar-refractivity contribution in [1.29, 1.82) is 0 Å². The largest absolute Gasteiger partial charge is 0.508 e. The highest BCUT2D eigenvalue weighted by Gasteiger charge is 2.40. The van der Waals surface area contributed by atoms with Gasteiger partial charge in [0.25, 0.3) is 0 Å². The number of rotatable bonds is 9. The Hall–Kier alpha value is -2.77. The lowest BCUT2D eigenvalue weighted by Crippen LogP contribution is -2.58. The van der Waals surface area contributed by atoms with Crippen molar-refractivity contribution in [2.45, 2.75) is 118 Å². The SMILES string of the molecule is CCC(C)C(NC(=O)OC(C)(C)C)C(=O)N(C(C)CC)C(C(=O)NC(C)(C)C)c1ccc(O)c(C)c1. The number of aromatic hydroxyl groups is 1. The monoisotopic (exact) mass is 505 g/mol. The molecule has 0 saturated carbocycles. The molecule has 204 valence electrons. The number of carbonyl (C=O) groups is 3. The summed E-state index contributed by atoms with van der Waals surface area (Å²) in [6.45, 7) is 20.4. The summed E-state index contributed by atoms with van der Waals surface area (Å²) in [5, 5.41) is 15.9. The highest BCUT2D eigenvalue weighted by atomic mass is 16.6. The third-order valence-electron chi connectivity index (χ3n) is 6.03. The topological polar surface area (TPSA) is 108 Å². The first-order chi connectivity index (χ1) is 16.4. The van der Waals surface area contributed by atoms with Gasteiger partial charge in [0, 0.05) is 11.6 Å². The molecule has 0 heterocycles. The van der Waals surface area contributed by atoms with E-state index in [0.717, 1.165) is 0 Å². The summed E-state index contributed by atoms with van der Waals surface area (Å²) in [5.41, 5.74) is -0.0673. The maximum atomic E-state index is 14.2. The molecule has 4 unspecified atom stereocenters. The predicted molar refractivity (Wildman–Crippen MR) is 143 cm³/mol. The first-order valence-corrected chi connectivity index (χ1v) is 12.8. The highest BCUT2D eigenvalue weighted by Crippen LogP contribution is 2.31. The lowest BCUT2D eigenvalue weighted by Gasteiger charge is -2.40. The first kappa shape index (κ1) is 31.3. The Kier molecular flexibility index (Phi) is 10.8. The minimum Gasteiger partial charge on any atom is -0.508 e. The number of benzene rings is 1. The molecule has 8 heteroatoms. The number of ether oxygens (including phenoxy) is 1. The minimum absolute atomic E-state index is 0.110. The molecule has 0 radical (unpaired) electrons. The van der Waals surface area contributed by atoms with E-state index in [0.29, 0.717) is 24.0 Å². The van der Waals surface area contributed by atoms with Crippen LogP contribution in [0.25, 0.3) is 0 Å². The van der Waals surface area contributed by atoms with Crippen LogP contribution in [-0.4, -0.2) is 51.1 Å². The second-order valence-electron chi connectivity index (χ2n) is 11.7. The van der Waals surface area contributed by atoms with E-state index in [4.69, 9.17) is 4.74 Å². The van der Waals surface area contributed by atoms with E-state index in [1.165, 1.54) is 6.07 Å². The van der Waals surface area contributed by atoms with Gasteiger partial charge in [0.05, 0.1) is 0 Å². The molecule has 0 spiro atoms. The van der Waals surface area contributed by atoms with Gasteiger partial charge in [-0.1, -0.05) is 33.3 Å². The number of carbonyl (C=O) groups excluding carboxylic acids is 3. The summed E-state index contributed by atoms with van der Waals surface area (Å²) in [7, 11) is 0. The third-order valence-corrected chi connectivity index (χ3v) is 6.03. The van der Waals surface area contributed by atoms with Gasteiger partial charge >= 0.3 is 6.09 Å². The van der Waals surface area contributed by atoms with E-state index in [-0.39, 0.29) is 29.5 Å². The van der Waals surface area contributed by atoms with Crippen molar-refractivity contribution in [2.24, 2.45) is 5.92 Å². The number of alkyl carbamates (subject to hydrolysis) is 1. The van der Waals surface area contributed by atoms with E-state index in [1.807, 2.05) is 48.5 Å². The van der Waals surface area contributed by atoms with Gasteiger partial charge in [0.1, 0.15) is 23.4 Å². The second kappa shape index (κ2) is 12.5. The van der Waals surface area contributed by atoms with Crippen molar-refractivity contribution >= 4 is 17.9 Å². The zero-order valence-electron chi connectivity index (χ0n) is 24.0. The Morgan fingerprint density at radius 2 is 1.61 bits per heavy atom. The standard InChI is InChI=1S/C28H47N3O5/c1-12-17(3)22(29-26(35)36-28(9,10)11)25(34)31(19(5)13-2)23(24(33)30-27(6,7)8)20-14-15-21(32)18(4)16-20/h14-17,19,22-23,32H,12-13H2,1-11H3,(H,29,35)(H,30,33). The molecule has 0 fully saturated rings. The van der Waals surface area contributed by atoms with Crippen LogP contribution < -0.4 is 10.6 Å². The van der Waals surface area contributed by atoms with Crippen molar-refractivity contribution in [3.05, 3.63) is 29.3 Å². The number of nitrogens with zero attached hydrogens (tertiary/aromatic N) is 1. The van der Waals surface area contributed by atoms with Crippen molar-refractivity contribution in [1.82, 2.24) is 15.5 Å². The van der Waals surface area contributed by atoms with Gasteiger partial charge in [-0.25, -0.2) is 4.79 Å². The normalized spacial score (nSPS) is 15.3. The fraction of sp³-hybridized carbons (Fsp3) is 0.679. The summed E-state index contributed by atoms with van der Waals surface area (Å²) in [5.74, 6) is -0.783. The number of hydrogen-bond donors (Lipinski definition) is 3. The van der Waals surface area contributed by atoms with Gasteiger partial charge < -0.3 is 25.4 Å². The molecule has 3 N–H and O–H groups in total. The molecular weight excluding hydrogens is 458 g/mol. The van der Waals surface area contributed by atoms with Crippen molar-refractivity contribution in [3.8, 4) is 5.75 Å². The molecular formula is C28H47N3O5. The zero-order chi connectivity index (χ0) is 28.0. The Labute approximate surface area is 217 Å². The van der Waals surface area contributed by atoms with E-state index < -0.39 is 29.3 Å².